The van der Waals surface area contributed by atoms with E-state index in [1.165, 1.54) is 6.07 Å². The molecule has 9 heteroatoms. The lowest BCUT2D eigenvalue weighted by Crippen LogP contribution is -2.34. The third kappa shape index (κ3) is 4.37. The van der Waals surface area contributed by atoms with E-state index in [0.717, 1.165) is 48.9 Å². The molecule has 0 aliphatic carbocycles. The Labute approximate surface area is 226 Å². The van der Waals surface area contributed by atoms with Crippen LogP contribution < -0.4 is 5.56 Å². The van der Waals surface area contributed by atoms with E-state index >= 15 is 0 Å². The molecule has 39 heavy (non-hydrogen) atoms. The largest absolute Gasteiger partial charge is 0.460 e. The molecule has 1 saturated heterocycles. The first-order chi connectivity index (χ1) is 18.7. The third-order valence-electron chi connectivity index (χ3n) is 8.97. The second kappa shape index (κ2) is 9.80. The van der Waals surface area contributed by atoms with Crippen LogP contribution in [0, 0.1) is 18.7 Å². The predicted molar refractivity (Wildman–Crippen MR) is 144 cm³/mol. The maximum absolute atomic E-state index is 14.7. The van der Waals surface area contributed by atoms with Crippen LogP contribution in [0.15, 0.2) is 23.0 Å². The molecule has 0 bridgehead atoms. The number of ether oxygens (including phenoxy) is 1. The third-order valence-corrected chi connectivity index (χ3v) is 8.97. The van der Waals surface area contributed by atoms with Gasteiger partial charge >= 0.3 is 5.97 Å². The predicted octanol–water partition coefficient (Wildman–Crippen LogP) is 3.51. The van der Waals surface area contributed by atoms with Gasteiger partial charge in [0, 0.05) is 30.2 Å². The van der Waals surface area contributed by atoms with Gasteiger partial charge in [-0.1, -0.05) is 6.92 Å². The number of nitrogens with zero attached hydrogens (tertiary/aromatic N) is 3. The molecule has 6 rings (SSSR count). The summed E-state index contributed by atoms with van der Waals surface area (Å²) in [5, 5.41) is 21.6. The molecule has 1 fully saturated rings. The van der Waals surface area contributed by atoms with Gasteiger partial charge in [-0.25, -0.2) is 9.37 Å². The zero-order valence-corrected chi connectivity index (χ0v) is 22.4. The Morgan fingerprint density at radius 2 is 1.95 bits per heavy atom. The number of likely N-dealkylation sites (tertiary alicyclic amines) is 1. The molecule has 3 aromatic rings. The van der Waals surface area contributed by atoms with Gasteiger partial charge in [0.15, 0.2) is 0 Å². The highest BCUT2D eigenvalue weighted by Gasteiger charge is 2.40. The van der Waals surface area contributed by atoms with E-state index in [-0.39, 0.29) is 37.4 Å². The number of carbonyl (C=O) groups excluding carboxylic acids is 1. The van der Waals surface area contributed by atoms with Crippen LogP contribution in [0.25, 0.3) is 22.3 Å². The van der Waals surface area contributed by atoms with E-state index < -0.39 is 11.6 Å². The van der Waals surface area contributed by atoms with Crippen LogP contribution in [0.5, 0.6) is 0 Å². The normalized spacial score (nSPS) is 21.4. The number of halogens is 1. The maximum atomic E-state index is 14.7. The number of aliphatic hydroxyl groups excluding tert-OH is 1. The molecule has 8 nitrogen and oxygen atoms in total. The fourth-order valence-corrected chi connectivity index (χ4v) is 6.51. The summed E-state index contributed by atoms with van der Waals surface area (Å²) in [6, 6.07) is 5.09. The number of pyridine rings is 2. The first-order valence-electron chi connectivity index (χ1n) is 13.8. The van der Waals surface area contributed by atoms with Crippen molar-refractivity contribution < 1.29 is 24.1 Å². The monoisotopic (exact) mass is 535 g/mol. The van der Waals surface area contributed by atoms with Crippen molar-refractivity contribution in [1.29, 1.82) is 0 Å². The lowest BCUT2D eigenvalue weighted by Gasteiger charge is -2.32. The summed E-state index contributed by atoms with van der Waals surface area (Å²) in [5.74, 6) is -0.355. The summed E-state index contributed by atoms with van der Waals surface area (Å²) in [7, 11) is 0. The van der Waals surface area contributed by atoms with Gasteiger partial charge in [-0.3, -0.25) is 14.5 Å². The Balaban J connectivity index is 1.50. The van der Waals surface area contributed by atoms with Crippen LogP contribution >= 0.6 is 0 Å². The number of hydrogen-bond acceptors (Lipinski definition) is 7. The quantitative estimate of drug-likeness (QED) is 0.377. The van der Waals surface area contributed by atoms with Crippen molar-refractivity contribution in [3.8, 4) is 11.4 Å². The second-order valence-corrected chi connectivity index (χ2v) is 11.3. The molecule has 0 amide bonds. The van der Waals surface area contributed by atoms with E-state index in [0.29, 0.717) is 52.6 Å². The molecule has 0 saturated carbocycles. The van der Waals surface area contributed by atoms with Gasteiger partial charge in [0.25, 0.3) is 5.56 Å². The zero-order valence-electron chi connectivity index (χ0n) is 22.4. The van der Waals surface area contributed by atoms with E-state index in [1.807, 2.05) is 6.07 Å². The fourth-order valence-electron chi connectivity index (χ4n) is 6.51. The van der Waals surface area contributed by atoms with Gasteiger partial charge in [-0.05, 0) is 80.4 Å². The average molecular weight is 536 g/mol. The minimum absolute atomic E-state index is 0.179. The molecule has 0 spiro atoms. The molecular weight excluding hydrogens is 501 g/mol. The number of rotatable bonds is 5. The summed E-state index contributed by atoms with van der Waals surface area (Å²) in [5.41, 5.74) is 3.11. The minimum atomic E-state index is -1.51. The number of aliphatic hydroxyl groups is 2. The van der Waals surface area contributed by atoms with Crippen molar-refractivity contribution in [2.45, 2.75) is 71.2 Å². The molecule has 5 heterocycles. The Bertz CT molecular complexity index is 1540. The minimum Gasteiger partial charge on any atom is -0.460 e. The molecule has 1 atom stereocenters. The molecule has 2 N–H and O–H groups in total. The molecular formula is C30H34FN3O5. The first kappa shape index (κ1) is 26.1. The Kier molecular flexibility index (Phi) is 6.56. The van der Waals surface area contributed by atoms with Gasteiger partial charge in [-0.15, -0.1) is 0 Å². The Morgan fingerprint density at radius 1 is 1.18 bits per heavy atom. The van der Waals surface area contributed by atoms with Crippen LogP contribution in [0.1, 0.15) is 66.8 Å². The molecule has 0 radical (unpaired) electrons. The van der Waals surface area contributed by atoms with Crippen molar-refractivity contribution >= 4 is 16.9 Å². The van der Waals surface area contributed by atoms with Crippen LogP contribution in [0.3, 0.4) is 0 Å². The van der Waals surface area contributed by atoms with Crippen molar-refractivity contribution in [2.24, 2.45) is 5.92 Å². The smallest absolute Gasteiger partial charge is 0.309 e. The summed E-state index contributed by atoms with van der Waals surface area (Å²) >= 11 is 0. The summed E-state index contributed by atoms with van der Waals surface area (Å²) in [4.78, 5) is 33.3. The topological polar surface area (TPSA) is 105 Å². The second-order valence-electron chi connectivity index (χ2n) is 11.3. The average Bonchev–Trinajstić information content (AvgIpc) is 3.22. The number of cyclic esters (lactones) is 1. The SMILES string of the molecule is CC[C@@]1(O)CC(=O)OCc2c1cc1n(c2=O)Cc2c-1nc1cc(F)c(C)cc1c2CN1CCC(CCO)CC1. The maximum Gasteiger partial charge on any atom is 0.309 e. The first-order valence-corrected chi connectivity index (χ1v) is 13.8. The van der Waals surface area contributed by atoms with E-state index in [1.54, 1.807) is 24.5 Å². The lowest BCUT2D eigenvalue weighted by atomic mass is 9.85. The highest BCUT2D eigenvalue weighted by molar-refractivity contribution is 5.88. The number of esters is 1. The van der Waals surface area contributed by atoms with Gasteiger partial charge in [0.1, 0.15) is 18.0 Å². The molecule has 3 aliphatic heterocycles. The molecule has 3 aliphatic rings. The van der Waals surface area contributed by atoms with Gasteiger partial charge in [0.2, 0.25) is 0 Å². The number of aromatic nitrogens is 2. The molecule has 2 aromatic heterocycles. The van der Waals surface area contributed by atoms with Gasteiger partial charge in [0.05, 0.1) is 35.4 Å². The number of benzene rings is 1. The van der Waals surface area contributed by atoms with E-state index in [4.69, 9.17) is 9.72 Å². The number of fused-ring (bicyclic) bond motifs is 5. The summed E-state index contributed by atoms with van der Waals surface area (Å²) in [6.45, 7) is 6.32. The Morgan fingerprint density at radius 3 is 2.67 bits per heavy atom. The molecule has 0 unspecified atom stereocenters. The van der Waals surface area contributed by atoms with Crippen LogP contribution in [0.4, 0.5) is 4.39 Å². The fraction of sp³-hybridized carbons (Fsp3) is 0.500. The number of piperidine rings is 1. The lowest BCUT2D eigenvalue weighted by molar-refractivity contribution is -0.149. The van der Waals surface area contributed by atoms with Crippen molar-refractivity contribution in [3.63, 3.8) is 0 Å². The van der Waals surface area contributed by atoms with Crippen LogP contribution in [0.2, 0.25) is 0 Å². The van der Waals surface area contributed by atoms with E-state index in [2.05, 4.69) is 4.90 Å². The molecule has 206 valence electrons. The van der Waals surface area contributed by atoms with Crippen molar-refractivity contribution in [2.75, 3.05) is 19.7 Å². The van der Waals surface area contributed by atoms with Crippen molar-refractivity contribution in [1.82, 2.24) is 14.5 Å². The highest BCUT2D eigenvalue weighted by atomic mass is 19.1. The molecule has 1 aromatic carbocycles. The number of aryl methyl sites for hydroxylation is 1. The summed E-state index contributed by atoms with van der Waals surface area (Å²) in [6.07, 6.45) is 2.87. The number of carbonyl (C=O) groups is 1. The zero-order chi connectivity index (χ0) is 27.5. The number of hydrogen-bond donors (Lipinski definition) is 2. The van der Waals surface area contributed by atoms with Gasteiger partial charge < -0.3 is 19.5 Å². The summed E-state index contributed by atoms with van der Waals surface area (Å²) < 4.78 is 21.7. The highest BCUT2D eigenvalue weighted by Crippen LogP contribution is 2.41. The van der Waals surface area contributed by atoms with Crippen molar-refractivity contribution in [3.05, 3.63) is 62.2 Å². The van der Waals surface area contributed by atoms with Crippen LogP contribution in [-0.2, 0) is 34.8 Å². The van der Waals surface area contributed by atoms with E-state index in [9.17, 15) is 24.2 Å². The standard InChI is InChI=1S/C30H34FN3O5/c1-3-30(38)13-27(36)39-16-22-23(30)11-26-28-21(15-34(26)29(22)37)20(14-33-7-4-18(5-8-33)6-9-35)19-10-17(2)24(31)12-25(19)32-28/h10-12,18,35,38H,3-9,13-16H2,1-2H3/t30-/m1/s1. The van der Waals surface area contributed by atoms with Gasteiger partial charge in [-0.2, -0.15) is 0 Å². The van der Waals surface area contributed by atoms with Crippen LogP contribution in [-0.4, -0.2) is 50.3 Å². The Hall–Kier alpha value is -3.14.